The molecule has 1 amide bonds. The van der Waals surface area contributed by atoms with Gasteiger partial charge in [0, 0.05) is 26.2 Å². The Bertz CT molecular complexity index is 704. The molecule has 1 saturated heterocycles. The van der Waals surface area contributed by atoms with Gasteiger partial charge in [-0.25, -0.2) is 8.42 Å². The van der Waals surface area contributed by atoms with Gasteiger partial charge in [-0.15, -0.1) is 0 Å². The van der Waals surface area contributed by atoms with Gasteiger partial charge in [0.2, 0.25) is 10.0 Å². The Morgan fingerprint density at radius 1 is 1.36 bits per heavy atom. The Labute approximate surface area is 153 Å². The predicted molar refractivity (Wildman–Crippen MR) is 94.4 cm³/mol. The highest BCUT2D eigenvalue weighted by molar-refractivity contribution is 7.89. The summed E-state index contributed by atoms with van der Waals surface area (Å²) in [6.45, 7) is 3.05. The van der Waals surface area contributed by atoms with E-state index in [4.69, 9.17) is 21.1 Å². The molecule has 0 spiro atoms. The van der Waals surface area contributed by atoms with E-state index < -0.39 is 10.0 Å². The van der Waals surface area contributed by atoms with Crippen LogP contribution in [0.1, 0.15) is 19.8 Å². The van der Waals surface area contributed by atoms with Crippen LogP contribution >= 0.6 is 11.6 Å². The SMILES string of the molecule is COC[C@H](C)NC(=O)COc1ccc(S(=O)(=O)N2CCCC2)cc1Cl. The molecular formula is C16H23ClN2O5S. The van der Waals surface area contributed by atoms with Gasteiger partial charge in [-0.3, -0.25) is 4.79 Å². The minimum Gasteiger partial charge on any atom is -0.482 e. The first-order valence-corrected chi connectivity index (χ1v) is 9.87. The van der Waals surface area contributed by atoms with Crippen LogP contribution in [0, 0.1) is 0 Å². The van der Waals surface area contributed by atoms with Crippen LogP contribution in [0.25, 0.3) is 0 Å². The Morgan fingerprint density at radius 2 is 2.04 bits per heavy atom. The van der Waals surface area contributed by atoms with Gasteiger partial charge < -0.3 is 14.8 Å². The molecule has 1 aliphatic heterocycles. The van der Waals surface area contributed by atoms with E-state index in [1.165, 1.54) is 22.5 Å². The van der Waals surface area contributed by atoms with Crippen molar-refractivity contribution in [1.82, 2.24) is 9.62 Å². The van der Waals surface area contributed by atoms with Crippen molar-refractivity contribution in [3.63, 3.8) is 0 Å². The maximum absolute atomic E-state index is 12.5. The molecule has 1 fully saturated rings. The van der Waals surface area contributed by atoms with Crippen molar-refractivity contribution in [2.75, 3.05) is 33.4 Å². The lowest BCUT2D eigenvalue weighted by atomic mass is 10.3. The molecular weight excluding hydrogens is 368 g/mol. The fourth-order valence-corrected chi connectivity index (χ4v) is 4.43. The van der Waals surface area contributed by atoms with Crippen LogP contribution in [-0.4, -0.2) is 58.1 Å². The van der Waals surface area contributed by atoms with E-state index >= 15 is 0 Å². The first-order valence-electron chi connectivity index (χ1n) is 8.05. The van der Waals surface area contributed by atoms with E-state index in [1.807, 2.05) is 6.92 Å². The van der Waals surface area contributed by atoms with Crippen molar-refractivity contribution in [1.29, 1.82) is 0 Å². The topological polar surface area (TPSA) is 84.9 Å². The minimum absolute atomic E-state index is 0.130. The highest BCUT2D eigenvalue weighted by Crippen LogP contribution is 2.29. The summed E-state index contributed by atoms with van der Waals surface area (Å²) in [4.78, 5) is 11.9. The zero-order valence-corrected chi connectivity index (χ0v) is 15.9. The molecule has 2 rings (SSSR count). The van der Waals surface area contributed by atoms with E-state index in [1.54, 1.807) is 7.11 Å². The van der Waals surface area contributed by atoms with Gasteiger partial charge in [-0.05, 0) is 38.0 Å². The maximum atomic E-state index is 12.5. The van der Waals surface area contributed by atoms with Crippen LogP contribution < -0.4 is 10.1 Å². The molecule has 0 bridgehead atoms. The largest absolute Gasteiger partial charge is 0.482 e. The molecule has 1 heterocycles. The number of nitrogens with zero attached hydrogens (tertiary/aromatic N) is 1. The number of ether oxygens (including phenoxy) is 2. The summed E-state index contributed by atoms with van der Waals surface area (Å²) < 4.78 is 36.8. The summed E-state index contributed by atoms with van der Waals surface area (Å²) in [6, 6.07) is 4.14. The molecule has 1 aliphatic rings. The lowest BCUT2D eigenvalue weighted by Crippen LogP contribution is -2.38. The zero-order chi connectivity index (χ0) is 18.4. The van der Waals surface area contributed by atoms with Crippen LogP contribution in [0.5, 0.6) is 5.75 Å². The van der Waals surface area contributed by atoms with Gasteiger partial charge in [-0.2, -0.15) is 4.31 Å². The molecule has 0 unspecified atom stereocenters. The number of sulfonamides is 1. The molecule has 0 aromatic heterocycles. The third-order valence-electron chi connectivity index (χ3n) is 3.79. The monoisotopic (exact) mass is 390 g/mol. The average Bonchev–Trinajstić information content (AvgIpc) is 3.09. The number of carbonyl (C=O) groups is 1. The van der Waals surface area contributed by atoms with Crippen molar-refractivity contribution in [3.8, 4) is 5.75 Å². The van der Waals surface area contributed by atoms with Crippen LogP contribution in [0.4, 0.5) is 0 Å². The minimum atomic E-state index is -3.53. The molecule has 0 saturated carbocycles. The molecule has 1 N–H and O–H groups in total. The quantitative estimate of drug-likeness (QED) is 0.729. The lowest BCUT2D eigenvalue weighted by Gasteiger charge is -2.17. The number of hydrogen-bond acceptors (Lipinski definition) is 5. The standard InChI is InChI=1S/C16H23ClN2O5S/c1-12(10-23-2)18-16(20)11-24-15-6-5-13(9-14(15)17)25(21,22)19-7-3-4-8-19/h5-6,9,12H,3-4,7-8,10-11H2,1-2H3,(H,18,20)/t12-/m0/s1. The molecule has 25 heavy (non-hydrogen) atoms. The van der Waals surface area contributed by atoms with Crippen LogP contribution in [0.2, 0.25) is 5.02 Å². The molecule has 140 valence electrons. The van der Waals surface area contributed by atoms with Crippen LogP contribution in [0.15, 0.2) is 23.1 Å². The van der Waals surface area contributed by atoms with Crippen molar-refractivity contribution in [3.05, 3.63) is 23.2 Å². The number of halogens is 1. The smallest absolute Gasteiger partial charge is 0.258 e. The molecule has 0 radical (unpaired) electrons. The van der Waals surface area contributed by atoms with Gasteiger partial charge in [0.05, 0.1) is 16.5 Å². The zero-order valence-electron chi connectivity index (χ0n) is 14.3. The number of hydrogen-bond donors (Lipinski definition) is 1. The number of nitrogens with one attached hydrogen (secondary N) is 1. The summed E-state index contributed by atoms with van der Waals surface area (Å²) in [5.41, 5.74) is 0. The molecule has 1 aromatic carbocycles. The summed E-state index contributed by atoms with van der Waals surface area (Å²) in [5.74, 6) is -0.0500. The van der Waals surface area contributed by atoms with Crippen LogP contribution in [-0.2, 0) is 19.6 Å². The first kappa shape index (κ1) is 20.0. The van der Waals surface area contributed by atoms with Crippen molar-refractivity contribution < 1.29 is 22.7 Å². The van der Waals surface area contributed by atoms with Crippen molar-refractivity contribution in [2.24, 2.45) is 0 Å². The number of rotatable bonds is 8. The summed E-state index contributed by atoms with van der Waals surface area (Å²) >= 11 is 6.12. The second-order valence-corrected chi connectivity index (χ2v) is 8.26. The first-order chi connectivity index (χ1) is 11.8. The van der Waals surface area contributed by atoms with E-state index in [2.05, 4.69) is 5.32 Å². The summed E-state index contributed by atoms with van der Waals surface area (Å²) in [6.07, 6.45) is 1.73. The van der Waals surface area contributed by atoms with Crippen LogP contribution in [0.3, 0.4) is 0 Å². The van der Waals surface area contributed by atoms with Gasteiger partial charge >= 0.3 is 0 Å². The molecule has 1 atom stereocenters. The number of carbonyl (C=O) groups excluding carboxylic acids is 1. The van der Waals surface area contributed by atoms with Crippen molar-refractivity contribution >= 4 is 27.5 Å². The van der Waals surface area contributed by atoms with E-state index in [-0.39, 0.29) is 34.2 Å². The van der Waals surface area contributed by atoms with E-state index in [9.17, 15) is 13.2 Å². The van der Waals surface area contributed by atoms with Gasteiger partial charge in [0.15, 0.2) is 6.61 Å². The third-order valence-corrected chi connectivity index (χ3v) is 5.98. The molecule has 7 nitrogen and oxygen atoms in total. The highest BCUT2D eigenvalue weighted by atomic mass is 35.5. The lowest BCUT2D eigenvalue weighted by molar-refractivity contribution is -0.124. The van der Waals surface area contributed by atoms with Gasteiger partial charge in [0.1, 0.15) is 5.75 Å². The Hall–Kier alpha value is -1.35. The Balaban J connectivity index is 1.99. The summed E-state index contributed by atoms with van der Waals surface area (Å²) in [7, 11) is -1.98. The number of benzene rings is 1. The Kier molecular flexibility index (Phi) is 7.06. The third kappa shape index (κ3) is 5.31. The predicted octanol–water partition coefficient (Wildman–Crippen LogP) is 1.65. The molecule has 1 aromatic rings. The average molecular weight is 391 g/mol. The van der Waals surface area contributed by atoms with E-state index in [0.29, 0.717) is 19.7 Å². The molecule has 9 heteroatoms. The van der Waals surface area contributed by atoms with E-state index in [0.717, 1.165) is 12.8 Å². The number of methoxy groups -OCH3 is 1. The number of amides is 1. The fourth-order valence-electron chi connectivity index (χ4n) is 2.59. The maximum Gasteiger partial charge on any atom is 0.258 e. The van der Waals surface area contributed by atoms with Crippen molar-refractivity contribution in [2.45, 2.75) is 30.7 Å². The highest BCUT2D eigenvalue weighted by Gasteiger charge is 2.27. The normalized spacial score (nSPS) is 16.6. The van der Waals surface area contributed by atoms with Gasteiger partial charge in [0.25, 0.3) is 5.91 Å². The van der Waals surface area contributed by atoms with Gasteiger partial charge in [-0.1, -0.05) is 11.6 Å². The second-order valence-electron chi connectivity index (χ2n) is 5.92. The Morgan fingerprint density at radius 3 is 2.64 bits per heavy atom. The summed E-state index contributed by atoms with van der Waals surface area (Å²) in [5, 5.41) is 2.86. The second kappa shape index (κ2) is 8.84. The molecule has 0 aliphatic carbocycles. The fraction of sp³-hybridized carbons (Fsp3) is 0.562.